The van der Waals surface area contributed by atoms with Gasteiger partial charge in [0.2, 0.25) is 0 Å². The van der Waals surface area contributed by atoms with E-state index in [2.05, 4.69) is 4.98 Å². The van der Waals surface area contributed by atoms with Gasteiger partial charge in [0.25, 0.3) is 0 Å². The van der Waals surface area contributed by atoms with Crippen molar-refractivity contribution in [3.05, 3.63) is 87.7 Å². The molecule has 28 heavy (non-hydrogen) atoms. The van der Waals surface area contributed by atoms with E-state index in [1.54, 1.807) is 36.4 Å². The van der Waals surface area contributed by atoms with Gasteiger partial charge in [0, 0.05) is 16.0 Å². The van der Waals surface area contributed by atoms with Crippen LogP contribution in [-0.4, -0.2) is 16.1 Å². The lowest BCUT2D eigenvalue weighted by Crippen LogP contribution is -2.00. The average molecular weight is 410 g/mol. The quantitative estimate of drug-likeness (QED) is 0.408. The molecule has 0 fully saturated rings. The zero-order chi connectivity index (χ0) is 19.7. The molecule has 2 aromatic carbocycles. The highest BCUT2D eigenvalue weighted by atomic mass is 35.5. The van der Waals surface area contributed by atoms with Crippen LogP contribution in [0.3, 0.4) is 0 Å². The molecule has 0 aliphatic heterocycles. The Hall–Kier alpha value is -3.08. The second kappa shape index (κ2) is 7.50. The molecule has 6 heteroatoms. The predicted octanol–water partition coefficient (Wildman–Crippen LogP) is 6.67. The largest absolute Gasteiger partial charge is 0.478 e. The van der Waals surface area contributed by atoms with E-state index in [0.717, 1.165) is 5.56 Å². The van der Waals surface area contributed by atoms with Crippen molar-refractivity contribution in [3.63, 3.8) is 0 Å². The molecule has 0 unspecified atom stereocenters. The lowest BCUT2D eigenvalue weighted by molar-refractivity contribution is 0.0699. The van der Waals surface area contributed by atoms with E-state index in [1.807, 2.05) is 30.3 Å². The summed E-state index contributed by atoms with van der Waals surface area (Å²) in [6.45, 7) is 0. The van der Waals surface area contributed by atoms with Crippen LogP contribution in [-0.2, 0) is 0 Å². The van der Waals surface area contributed by atoms with E-state index in [-0.39, 0.29) is 5.56 Å². The number of pyridine rings is 1. The first-order chi connectivity index (χ1) is 13.5. The van der Waals surface area contributed by atoms with Gasteiger partial charge in [-0.1, -0.05) is 35.3 Å². The third kappa shape index (κ3) is 3.65. The number of nitrogens with zero attached hydrogens (tertiary/aromatic N) is 1. The number of carboxylic acids is 1. The van der Waals surface area contributed by atoms with Gasteiger partial charge in [-0.3, -0.25) is 0 Å². The van der Waals surface area contributed by atoms with Gasteiger partial charge in [-0.05, 0) is 60.7 Å². The van der Waals surface area contributed by atoms with Crippen molar-refractivity contribution < 1.29 is 14.3 Å². The van der Waals surface area contributed by atoms with Gasteiger partial charge >= 0.3 is 5.97 Å². The fraction of sp³-hybridized carbons (Fsp3) is 0. The van der Waals surface area contributed by atoms with Crippen molar-refractivity contribution in [2.45, 2.75) is 0 Å². The molecule has 0 bridgehead atoms. The first kappa shape index (κ1) is 18.3. The summed E-state index contributed by atoms with van der Waals surface area (Å²) in [6.07, 6.45) is 3.44. The summed E-state index contributed by atoms with van der Waals surface area (Å²) in [5.41, 5.74) is 2.00. The molecule has 0 aliphatic rings. The molecule has 2 heterocycles. The lowest BCUT2D eigenvalue weighted by atomic mass is 10.1. The van der Waals surface area contributed by atoms with Crippen LogP contribution in [0.25, 0.3) is 34.4 Å². The molecule has 0 amide bonds. The molecular formula is C22H13Cl2NO3. The Labute approximate surface area is 170 Å². The molecule has 2 aromatic heterocycles. The molecule has 0 aliphatic carbocycles. The number of halogens is 2. The van der Waals surface area contributed by atoms with Gasteiger partial charge in [0.15, 0.2) is 0 Å². The summed E-state index contributed by atoms with van der Waals surface area (Å²) >= 11 is 12.2. The Kier molecular flexibility index (Phi) is 4.90. The van der Waals surface area contributed by atoms with Crippen LogP contribution in [0, 0.1) is 0 Å². The molecule has 0 saturated carbocycles. The van der Waals surface area contributed by atoms with Crippen molar-refractivity contribution >= 4 is 52.2 Å². The normalized spacial score (nSPS) is 11.4. The van der Waals surface area contributed by atoms with Gasteiger partial charge in [-0.2, -0.15) is 0 Å². The van der Waals surface area contributed by atoms with E-state index in [9.17, 15) is 9.90 Å². The number of hydrogen-bond acceptors (Lipinski definition) is 3. The third-order valence-corrected chi connectivity index (χ3v) is 4.77. The fourth-order valence-corrected chi connectivity index (χ4v) is 3.30. The Morgan fingerprint density at radius 3 is 2.61 bits per heavy atom. The highest BCUT2D eigenvalue weighted by Gasteiger charge is 2.12. The van der Waals surface area contributed by atoms with Crippen molar-refractivity contribution in [2.75, 3.05) is 0 Å². The SMILES string of the molecule is O=C(O)c1cc(C=Cc2ccc(-c3ccccc3Cl)o2)nc2ccc(Cl)cc12. The number of carbonyl (C=O) groups is 1. The maximum Gasteiger partial charge on any atom is 0.336 e. The number of fused-ring (bicyclic) bond motifs is 1. The maximum absolute atomic E-state index is 11.6. The van der Waals surface area contributed by atoms with Crippen molar-refractivity contribution in [1.29, 1.82) is 0 Å². The number of carboxylic acid groups (broad SMARTS) is 1. The molecule has 0 spiro atoms. The Balaban J connectivity index is 1.69. The van der Waals surface area contributed by atoms with Crippen LogP contribution < -0.4 is 0 Å². The number of aromatic carboxylic acids is 1. The second-order valence-corrected chi connectivity index (χ2v) is 6.92. The monoisotopic (exact) mass is 409 g/mol. The minimum absolute atomic E-state index is 0.142. The van der Waals surface area contributed by atoms with Crippen LogP contribution in [0.15, 0.2) is 65.1 Å². The molecule has 1 N–H and O–H groups in total. The minimum atomic E-state index is -1.04. The number of benzene rings is 2. The first-order valence-corrected chi connectivity index (χ1v) is 9.13. The molecule has 4 aromatic rings. The summed E-state index contributed by atoms with van der Waals surface area (Å²) in [5.74, 6) is 0.214. The van der Waals surface area contributed by atoms with E-state index >= 15 is 0 Å². The fourth-order valence-electron chi connectivity index (χ4n) is 2.90. The first-order valence-electron chi connectivity index (χ1n) is 8.38. The molecule has 4 rings (SSSR count). The summed E-state index contributed by atoms with van der Waals surface area (Å²) < 4.78 is 5.82. The molecule has 4 nitrogen and oxygen atoms in total. The molecule has 138 valence electrons. The number of furan rings is 1. The third-order valence-electron chi connectivity index (χ3n) is 4.21. The summed E-state index contributed by atoms with van der Waals surface area (Å²) in [6, 6.07) is 17.6. The standard InChI is InChI=1S/C22H13Cl2NO3/c23-13-5-9-20-17(11-13)18(22(26)27)12-14(25-20)6-7-15-8-10-21(28-15)16-3-1-2-4-19(16)24/h1-12H,(H,26,27). The summed E-state index contributed by atoms with van der Waals surface area (Å²) in [4.78, 5) is 16.1. The smallest absolute Gasteiger partial charge is 0.336 e. The lowest BCUT2D eigenvalue weighted by Gasteiger charge is -2.04. The van der Waals surface area contributed by atoms with E-state index in [4.69, 9.17) is 27.6 Å². The average Bonchev–Trinajstić information content (AvgIpc) is 3.15. The Morgan fingerprint density at radius 2 is 1.82 bits per heavy atom. The zero-order valence-electron chi connectivity index (χ0n) is 14.4. The van der Waals surface area contributed by atoms with Crippen molar-refractivity contribution in [3.8, 4) is 11.3 Å². The number of hydrogen-bond donors (Lipinski definition) is 1. The minimum Gasteiger partial charge on any atom is -0.478 e. The van der Waals surface area contributed by atoms with Crippen LogP contribution in [0.1, 0.15) is 21.8 Å². The summed E-state index contributed by atoms with van der Waals surface area (Å²) in [5, 5.41) is 11.1. The van der Waals surface area contributed by atoms with Crippen LogP contribution >= 0.6 is 23.2 Å². The van der Waals surface area contributed by atoms with Gasteiger partial charge in [0.05, 0.1) is 21.8 Å². The molecule has 0 radical (unpaired) electrons. The van der Waals surface area contributed by atoms with Gasteiger partial charge in [-0.15, -0.1) is 0 Å². The predicted molar refractivity (Wildman–Crippen MR) is 112 cm³/mol. The van der Waals surface area contributed by atoms with Gasteiger partial charge in [-0.25, -0.2) is 9.78 Å². The van der Waals surface area contributed by atoms with E-state index in [0.29, 0.717) is 38.2 Å². The van der Waals surface area contributed by atoms with E-state index in [1.165, 1.54) is 6.07 Å². The van der Waals surface area contributed by atoms with Crippen LogP contribution in [0.2, 0.25) is 10.0 Å². The Bertz CT molecular complexity index is 1230. The molecular weight excluding hydrogens is 397 g/mol. The number of aromatic nitrogens is 1. The van der Waals surface area contributed by atoms with Crippen LogP contribution in [0.5, 0.6) is 0 Å². The summed E-state index contributed by atoms with van der Waals surface area (Å²) in [7, 11) is 0. The van der Waals surface area contributed by atoms with Gasteiger partial charge in [0.1, 0.15) is 11.5 Å². The maximum atomic E-state index is 11.6. The zero-order valence-corrected chi connectivity index (χ0v) is 15.9. The van der Waals surface area contributed by atoms with Crippen molar-refractivity contribution in [2.24, 2.45) is 0 Å². The number of rotatable bonds is 4. The molecule has 0 saturated heterocycles. The van der Waals surface area contributed by atoms with E-state index < -0.39 is 5.97 Å². The van der Waals surface area contributed by atoms with Gasteiger partial charge < -0.3 is 9.52 Å². The van der Waals surface area contributed by atoms with Crippen molar-refractivity contribution in [1.82, 2.24) is 4.98 Å². The Morgan fingerprint density at radius 1 is 1.00 bits per heavy atom. The topological polar surface area (TPSA) is 63.3 Å². The van der Waals surface area contributed by atoms with Crippen LogP contribution in [0.4, 0.5) is 0 Å². The highest BCUT2D eigenvalue weighted by molar-refractivity contribution is 6.33. The second-order valence-electron chi connectivity index (χ2n) is 6.08. The highest BCUT2D eigenvalue weighted by Crippen LogP contribution is 2.30. The molecule has 0 atom stereocenters.